The van der Waals surface area contributed by atoms with Gasteiger partial charge in [-0.2, -0.15) is 11.8 Å². The Kier molecular flexibility index (Phi) is 10.7. The number of rotatable bonds is 9. The second-order valence-corrected chi connectivity index (χ2v) is 4.26. The number of thioether (sulfide) groups is 1. The van der Waals surface area contributed by atoms with Crippen molar-refractivity contribution in [2.75, 3.05) is 31.1 Å². The lowest BCUT2D eigenvalue weighted by Gasteiger charge is -2.05. The molecule has 2 N–H and O–H groups in total. The van der Waals surface area contributed by atoms with Crippen LogP contribution < -0.4 is 10.6 Å². The predicted molar refractivity (Wildman–Crippen MR) is 63.8 cm³/mol. The number of hydrogen-bond acceptors (Lipinski definition) is 3. The van der Waals surface area contributed by atoms with Gasteiger partial charge in [-0.25, -0.2) is 0 Å². The Labute approximate surface area is 91.4 Å². The zero-order chi connectivity index (χ0) is 10.6. The summed E-state index contributed by atoms with van der Waals surface area (Å²) in [4.78, 5) is 11.2. The van der Waals surface area contributed by atoms with Crippen molar-refractivity contribution in [2.24, 2.45) is 0 Å². The minimum Gasteiger partial charge on any atom is -0.354 e. The van der Waals surface area contributed by atoms with Gasteiger partial charge in [0.2, 0.25) is 5.91 Å². The number of carbonyl (C=O) groups excluding carboxylic acids is 1. The zero-order valence-electron chi connectivity index (χ0n) is 9.27. The first-order chi connectivity index (χ1) is 6.81. The van der Waals surface area contributed by atoms with Crippen LogP contribution >= 0.6 is 11.8 Å². The number of carbonyl (C=O) groups is 1. The molecular weight excluding hydrogens is 196 g/mol. The molecule has 0 atom stereocenters. The monoisotopic (exact) mass is 218 g/mol. The molecule has 0 aromatic rings. The number of hydrogen-bond donors (Lipinski definition) is 2. The Hall–Kier alpha value is -0.220. The fraction of sp³-hybridized carbons (Fsp3) is 0.900. The minimum absolute atomic E-state index is 0.154. The molecule has 14 heavy (non-hydrogen) atoms. The van der Waals surface area contributed by atoms with E-state index in [0.29, 0.717) is 5.75 Å². The van der Waals surface area contributed by atoms with Crippen LogP contribution in [0.4, 0.5) is 0 Å². The van der Waals surface area contributed by atoms with E-state index in [1.165, 1.54) is 0 Å². The van der Waals surface area contributed by atoms with Gasteiger partial charge in [0.15, 0.2) is 0 Å². The highest BCUT2D eigenvalue weighted by atomic mass is 32.2. The van der Waals surface area contributed by atoms with Crippen molar-refractivity contribution in [3.63, 3.8) is 0 Å². The molecule has 0 saturated heterocycles. The van der Waals surface area contributed by atoms with E-state index in [0.717, 1.165) is 38.2 Å². The molecule has 0 heterocycles. The van der Waals surface area contributed by atoms with Gasteiger partial charge in [-0.05, 0) is 25.1 Å². The summed E-state index contributed by atoms with van der Waals surface area (Å²) in [5.74, 6) is 1.82. The van der Waals surface area contributed by atoms with Gasteiger partial charge in [-0.3, -0.25) is 4.79 Å². The summed E-state index contributed by atoms with van der Waals surface area (Å²) in [5, 5.41) is 6.11. The molecule has 0 aliphatic rings. The van der Waals surface area contributed by atoms with E-state index in [4.69, 9.17) is 0 Å². The van der Waals surface area contributed by atoms with Crippen molar-refractivity contribution in [1.82, 2.24) is 10.6 Å². The van der Waals surface area contributed by atoms with Gasteiger partial charge in [0, 0.05) is 13.1 Å². The second-order valence-electron chi connectivity index (χ2n) is 3.15. The van der Waals surface area contributed by atoms with Gasteiger partial charge < -0.3 is 10.6 Å². The summed E-state index contributed by atoms with van der Waals surface area (Å²) in [6, 6.07) is 0. The minimum atomic E-state index is 0.154. The van der Waals surface area contributed by atoms with Crippen LogP contribution in [0, 0.1) is 0 Å². The lowest BCUT2D eigenvalue weighted by atomic mass is 10.4. The van der Waals surface area contributed by atoms with Crippen LogP contribution in [0.25, 0.3) is 0 Å². The highest BCUT2D eigenvalue weighted by molar-refractivity contribution is 7.99. The largest absolute Gasteiger partial charge is 0.354 e. The third kappa shape index (κ3) is 9.86. The Morgan fingerprint density at radius 1 is 1.14 bits per heavy atom. The van der Waals surface area contributed by atoms with Crippen LogP contribution in [-0.4, -0.2) is 37.0 Å². The number of amides is 1. The molecule has 4 heteroatoms. The molecule has 0 radical (unpaired) electrons. The molecule has 84 valence electrons. The van der Waals surface area contributed by atoms with Gasteiger partial charge >= 0.3 is 0 Å². The molecule has 0 spiro atoms. The third-order valence-electron chi connectivity index (χ3n) is 1.63. The highest BCUT2D eigenvalue weighted by Crippen LogP contribution is 2.00. The molecule has 0 aromatic carbocycles. The molecule has 0 bridgehead atoms. The van der Waals surface area contributed by atoms with Gasteiger partial charge in [0.1, 0.15) is 0 Å². The standard InChI is InChI=1S/C10H22N2OS/c1-3-5-11-6-7-12-10(13)9-14-8-4-2/h11H,3-9H2,1-2H3,(H,12,13). The van der Waals surface area contributed by atoms with Crippen molar-refractivity contribution in [3.8, 4) is 0 Å². The van der Waals surface area contributed by atoms with Crippen molar-refractivity contribution in [1.29, 1.82) is 0 Å². The fourth-order valence-electron chi connectivity index (χ4n) is 0.952. The molecule has 0 aliphatic heterocycles. The third-order valence-corrected chi connectivity index (χ3v) is 2.80. The molecule has 0 fully saturated rings. The average molecular weight is 218 g/mol. The summed E-state index contributed by atoms with van der Waals surface area (Å²) < 4.78 is 0. The van der Waals surface area contributed by atoms with Crippen molar-refractivity contribution >= 4 is 17.7 Å². The lowest BCUT2D eigenvalue weighted by Crippen LogP contribution is -2.33. The quantitative estimate of drug-likeness (QED) is 0.572. The Balaban J connectivity index is 3.10. The summed E-state index contributed by atoms with van der Waals surface area (Å²) in [6.45, 7) is 6.90. The van der Waals surface area contributed by atoms with Crippen molar-refractivity contribution in [2.45, 2.75) is 26.7 Å². The first-order valence-corrected chi connectivity index (χ1v) is 6.51. The van der Waals surface area contributed by atoms with E-state index < -0.39 is 0 Å². The van der Waals surface area contributed by atoms with Crippen LogP contribution in [0.15, 0.2) is 0 Å². The summed E-state index contributed by atoms with van der Waals surface area (Å²) in [7, 11) is 0. The topological polar surface area (TPSA) is 41.1 Å². The van der Waals surface area contributed by atoms with E-state index in [1.54, 1.807) is 11.8 Å². The van der Waals surface area contributed by atoms with Crippen LogP contribution in [0.3, 0.4) is 0 Å². The molecule has 0 aliphatic carbocycles. The SMILES string of the molecule is CCCNCCNC(=O)CSCCC. The van der Waals surface area contributed by atoms with Gasteiger partial charge in [-0.1, -0.05) is 13.8 Å². The molecule has 0 rings (SSSR count). The van der Waals surface area contributed by atoms with Crippen LogP contribution in [0.1, 0.15) is 26.7 Å². The molecule has 0 aromatic heterocycles. The molecule has 1 amide bonds. The van der Waals surface area contributed by atoms with E-state index >= 15 is 0 Å². The average Bonchev–Trinajstić information content (AvgIpc) is 2.18. The van der Waals surface area contributed by atoms with Crippen molar-refractivity contribution in [3.05, 3.63) is 0 Å². The van der Waals surface area contributed by atoms with E-state index in [1.807, 2.05) is 0 Å². The molecule has 0 unspecified atom stereocenters. The van der Waals surface area contributed by atoms with E-state index in [2.05, 4.69) is 24.5 Å². The summed E-state index contributed by atoms with van der Waals surface area (Å²) >= 11 is 1.70. The Bertz CT molecular complexity index is 142. The van der Waals surface area contributed by atoms with Crippen LogP contribution in [-0.2, 0) is 4.79 Å². The summed E-state index contributed by atoms with van der Waals surface area (Å²) in [6.07, 6.45) is 2.27. The second kappa shape index (κ2) is 10.9. The Morgan fingerprint density at radius 3 is 2.57 bits per heavy atom. The number of nitrogens with one attached hydrogen (secondary N) is 2. The predicted octanol–water partition coefficient (Wildman–Crippen LogP) is 1.25. The van der Waals surface area contributed by atoms with Gasteiger partial charge in [0.25, 0.3) is 0 Å². The van der Waals surface area contributed by atoms with Crippen LogP contribution in [0.5, 0.6) is 0 Å². The molecule has 0 saturated carbocycles. The summed E-state index contributed by atoms with van der Waals surface area (Å²) in [5.41, 5.74) is 0. The first-order valence-electron chi connectivity index (χ1n) is 5.36. The fourth-order valence-corrected chi connectivity index (χ4v) is 1.67. The van der Waals surface area contributed by atoms with Gasteiger partial charge in [-0.15, -0.1) is 0 Å². The van der Waals surface area contributed by atoms with E-state index in [9.17, 15) is 4.79 Å². The highest BCUT2D eigenvalue weighted by Gasteiger charge is 1.98. The normalized spacial score (nSPS) is 10.1. The maximum atomic E-state index is 11.2. The van der Waals surface area contributed by atoms with Gasteiger partial charge in [0.05, 0.1) is 5.75 Å². The zero-order valence-corrected chi connectivity index (χ0v) is 10.1. The van der Waals surface area contributed by atoms with E-state index in [-0.39, 0.29) is 5.91 Å². The molecule has 3 nitrogen and oxygen atoms in total. The van der Waals surface area contributed by atoms with Crippen molar-refractivity contribution < 1.29 is 4.79 Å². The lowest BCUT2D eigenvalue weighted by molar-refractivity contribution is -0.118. The molecular formula is C10H22N2OS. The maximum absolute atomic E-state index is 11.2. The van der Waals surface area contributed by atoms with Crippen LogP contribution in [0.2, 0.25) is 0 Å². The first kappa shape index (κ1) is 13.8. The Morgan fingerprint density at radius 2 is 1.93 bits per heavy atom. The smallest absolute Gasteiger partial charge is 0.230 e. The maximum Gasteiger partial charge on any atom is 0.230 e.